The molecule has 0 fully saturated rings. The van der Waals surface area contributed by atoms with Crippen molar-refractivity contribution in [1.82, 2.24) is 0 Å². The summed E-state index contributed by atoms with van der Waals surface area (Å²) in [6, 6.07) is 6.58. The Morgan fingerprint density at radius 2 is 1.63 bits per heavy atom. The molecule has 0 radical (unpaired) electrons. The average Bonchev–Trinajstić information content (AvgIpc) is 2.34. The lowest BCUT2D eigenvalue weighted by molar-refractivity contribution is -0.269. The Balaban J connectivity index is 2.64. The van der Waals surface area contributed by atoms with Gasteiger partial charge in [-0.1, -0.05) is 30.3 Å². The van der Waals surface area contributed by atoms with Gasteiger partial charge in [0.15, 0.2) is 0 Å². The number of hydrogen-bond donors (Lipinski definition) is 1. The van der Waals surface area contributed by atoms with Crippen LogP contribution < -0.4 is 5.73 Å². The fraction of sp³-hybridized carbons (Fsp3) is 0.417. The van der Waals surface area contributed by atoms with Gasteiger partial charge in [0.2, 0.25) is 5.78 Å². The third-order valence-corrected chi connectivity index (χ3v) is 2.59. The summed E-state index contributed by atoms with van der Waals surface area (Å²) in [7, 11) is 0. The van der Waals surface area contributed by atoms with Crippen LogP contribution in [0.25, 0.3) is 0 Å². The summed E-state index contributed by atoms with van der Waals surface area (Å²) >= 11 is 0. The van der Waals surface area contributed by atoms with E-state index in [0.29, 0.717) is 5.56 Å². The van der Waals surface area contributed by atoms with Crippen LogP contribution in [0.5, 0.6) is 0 Å². The molecule has 1 aromatic carbocycles. The highest BCUT2D eigenvalue weighted by Gasteiger charge is 2.63. The predicted molar refractivity (Wildman–Crippen MR) is 58.7 cm³/mol. The molecule has 0 unspecified atom stereocenters. The van der Waals surface area contributed by atoms with E-state index in [1.165, 1.54) is 0 Å². The molecule has 1 aromatic rings. The van der Waals surface area contributed by atoms with E-state index in [1.807, 2.05) is 0 Å². The van der Waals surface area contributed by atoms with Crippen LogP contribution in [0, 0.1) is 0 Å². The van der Waals surface area contributed by atoms with Crippen LogP contribution in [0.4, 0.5) is 22.0 Å². The molecule has 0 aliphatic rings. The average molecular weight is 281 g/mol. The van der Waals surface area contributed by atoms with Crippen LogP contribution in [0.3, 0.4) is 0 Å². The first-order chi connectivity index (χ1) is 8.66. The molecule has 0 aromatic heterocycles. The van der Waals surface area contributed by atoms with Gasteiger partial charge in [-0.15, -0.1) is 0 Å². The molecule has 0 spiro atoms. The van der Waals surface area contributed by atoms with Crippen molar-refractivity contribution in [3.8, 4) is 0 Å². The summed E-state index contributed by atoms with van der Waals surface area (Å²) in [4.78, 5) is 11.0. The maximum Gasteiger partial charge on any atom is 0.461 e. The lowest BCUT2D eigenvalue weighted by Crippen LogP contribution is -2.51. The van der Waals surface area contributed by atoms with Crippen molar-refractivity contribution in [3.05, 3.63) is 35.9 Å². The zero-order valence-corrected chi connectivity index (χ0v) is 9.75. The van der Waals surface area contributed by atoms with Gasteiger partial charge < -0.3 is 5.73 Å². The molecule has 0 saturated carbocycles. The van der Waals surface area contributed by atoms with E-state index in [4.69, 9.17) is 5.73 Å². The number of benzene rings is 1. The van der Waals surface area contributed by atoms with E-state index >= 15 is 0 Å². The van der Waals surface area contributed by atoms with Crippen LogP contribution in [-0.4, -0.2) is 23.9 Å². The number of halogens is 5. The number of nitrogens with two attached hydrogens (primary N) is 1. The molecule has 106 valence electrons. The van der Waals surface area contributed by atoms with Gasteiger partial charge >= 0.3 is 12.1 Å². The first kappa shape index (κ1) is 15.6. The number of hydrogen-bond acceptors (Lipinski definition) is 2. The minimum Gasteiger partial charge on any atom is -0.321 e. The summed E-state index contributed by atoms with van der Waals surface area (Å²) in [6.45, 7) is 0. The molecule has 2 nitrogen and oxygen atoms in total. The van der Waals surface area contributed by atoms with Crippen LogP contribution in [0.1, 0.15) is 12.0 Å². The number of rotatable bonds is 5. The smallest absolute Gasteiger partial charge is 0.321 e. The third kappa shape index (κ3) is 3.73. The van der Waals surface area contributed by atoms with E-state index in [2.05, 4.69) is 0 Å². The predicted octanol–water partition coefficient (Wildman–Crippen LogP) is 2.71. The Morgan fingerprint density at radius 1 is 1.11 bits per heavy atom. The van der Waals surface area contributed by atoms with Crippen molar-refractivity contribution < 1.29 is 26.7 Å². The standard InChI is InChI=1S/C12H12F5NO/c13-11(14,12(15,16)17)10(19)9(18)7-6-8-4-2-1-3-5-8/h1-5,9H,6-7,18H2/t9-/m0/s1. The molecule has 0 aliphatic carbocycles. The first-order valence-corrected chi connectivity index (χ1v) is 5.44. The fourth-order valence-corrected chi connectivity index (χ4v) is 1.47. The van der Waals surface area contributed by atoms with E-state index in [9.17, 15) is 26.7 Å². The highest BCUT2D eigenvalue weighted by Crippen LogP contribution is 2.36. The number of ketones is 1. The SMILES string of the molecule is N[C@@H](CCc1ccccc1)C(=O)C(F)(F)C(F)(F)F. The quantitative estimate of drug-likeness (QED) is 0.843. The first-order valence-electron chi connectivity index (χ1n) is 5.44. The summed E-state index contributed by atoms with van der Waals surface area (Å²) in [5.41, 5.74) is 5.83. The van der Waals surface area contributed by atoms with Gasteiger partial charge in [-0.25, -0.2) is 0 Å². The van der Waals surface area contributed by atoms with Crippen LogP contribution in [0.2, 0.25) is 0 Å². The third-order valence-electron chi connectivity index (χ3n) is 2.59. The number of Topliss-reactive ketones (excluding diaryl/α,β-unsaturated/α-hetero) is 1. The second kappa shape index (κ2) is 5.64. The fourth-order valence-electron chi connectivity index (χ4n) is 1.47. The van der Waals surface area contributed by atoms with Gasteiger partial charge in [-0.05, 0) is 18.4 Å². The number of alkyl halides is 5. The molecule has 7 heteroatoms. The highest BCUT2D eigenvalue weighted by atomic mass is 19.4. The van der Waals surface area contributed by atoms with E-state index in [0.717, 1.165) is 0 Å². The van der Waals surface area contributed by atoms with E-state index in [1.54, 1.807) is 30.3 Å². The Morgan fingerprint density at radius 3 is 2.11 bits per heavy atom. The van der Waals surface area contributed by atoms with Crippen molar-refractivity contribution in [3.63, 3.8) is 0 Å². The number of carbonyl (C=O) groups excluding carboxylic acids is 1. The molecule has 0 heterocycles. The molecular formula is C12H12F5NO. The van der Waals surface area contributed by atoms with E-state index < -0.39 is 23.9 Å². The normalized spacial score (nSPS) is 14.2. The maximum atomic E-state index is 12.7. The van der Waals surface area contributed by atoms with Crippen LogP contribution in [-0.2, 0) is 11.2 Å². The lowest BCUT2D eigenvalue weighted by Gasteiger charge is -2.21. The van der Waals surface area contributed by atoms with Gasteiger partial charge in [-0.2, -0.15) is 22.0 Å². The largest absolute Gasteiger partial charge is 0.461 e. The minimum atomic E-state index is -5.91. The van der Waals surface area contributed by atoms with Crippen molar-refractivity contribution in [2.24, 2.45) is 5.73 Å². The van der Waals surface area contributed by atoms with Crippen LogP contribution in [0.15, 0.2) is 30.3 Å². The van der Waals surface area contributed by atoms with Gasteiger partial charge in [0, 0.05) is 0 Å². The Labute approximate surface area is 106 Å². The van der Waals surface area contributed by atoms with Gasteiger partial charge in [0.25, 0.3) is 0 Å². The summed E-state index contributed by atoms with van der Waals surface area (Å²) in [5.74, 6) is -7.70. The van der Waals surface area contributed by atoms with Crippen LogP contribution >= 0.6 is 0 Å². The molecule has 0 amide bonds. The molecule has 0 saturated heterocycles. The number of aryl methyl sites for hydroxylation is 1. The second-order valence-electron chi connectivity index (χ2n) is 4.07. The monoisotopic (exact) mass is 281 g/mol. The van der Waals surface area contributed by atoms with Gasteiger partial charge in [0.05, 0.1) is 6.04 Å². The Bertz CT molecular complexity index is 429. The maximum absolute atomic E-state index is 12.7. The highest BCUT2D eigenvalue weighted by molar-refractivity contribution is 5.91. The number of carbonyl (C=O) groups is 1. The summed E-state index contributed by atoms with van der Waals surface area (Å²) < 4.78 is 61.4. The zero-order valence-electron chi connectivity index (χ0n) is 9.75. The Kier molecular flexibility index (Phi) is 4.62. The molecule has 1 rings (SSSR count). The summed E-state index contributed by atoms with van der Waals surface area (Å²) in [6.07, 6.45) is -6.02. The van der Waals surface area contributed by atoms with Crippen molar-refractivity contribution in [2.75, 3.05) is 0 Å². The van der Waals surface area contributed by atoms with Crippen molar-refractivity contribution in [2.45, 2.75) is 31.0 Å². The summed E-state index contributed by atoms with van der Waals surface area (Å²) in [5, 5.41) is 0. The molecule has 0 bridgehead atoms. The second-order valence-corrected chi connectivity index (χ2v) is 4.07. The molecular weight excluding hydrogens is 269 g/mol. The zero-order chi connectivity index (χ0) is 14.7. The molecule has 0 aliphatic heterocycles. The molecule has 2 N–H and O–H groups in total. The minimum absolute atomic E-state index is 0.154. The molecule has 1 atom stereocenters. The topological polar surface area (TPSA) is 43.1 Å². The van der Waals surface area contributed by atoms with Gasteiger partial charge in [-0.3, -0.25) is 4.79 Å². The van der Waals surface area contributed by atoms with Crippen molar-refractivity contribution >= 4 is 5.78 Å². The molecule has 19 heavy (non-hydrogen) atoms. The van der Waals surface area contributed by atoms with Crippen molar-refractivity contribution in [1.29, 1.82) is 0 Å². The van der Waals surface area contributed by atoms with E-state index in [-0.39, 0.29) is 12.8 Å². The van der Waals surface area contributed by atoms with Gasteiger partial charge in [0.1, 0.15) is 0 Å². The Hall–Kier alpha value is -1.50. The lowest BCUT2D eigenvalue weighted by atomic mass is 9.99.